The van der Waals surface area contributed by atoms with Crippen molar-refractivity contribution in [1.29, 1.82) is 5.26 Å². The largest absolute Gasteiger partial charge is 0.379 e. The molecule has 0 aliphatic carbocycles. The molecule has 0 unspecified atom stereocenters. The molecule has 0 aliphatic rings. The van der Waals surface area contributed by atoms with Gasteiger partial charge in [0.05, 0.1) is 37.9 Å². The van der Waals surface area contributed by atoms with Crippen LogP contribution in [0.15, 0.2) is 24.3 Å². The van der Waals surface area contributed by atoms with E-state index in [0.717, 1.165) is 19.4 Å². The number of benzene rings is 1. The van der Waals surface area contributed by atoms with Crippen molar-refractivity contribution in [2.24, 2.45) is 0 Å². The number of hydrogen-bond donors (Lipinski definition) is 1. The Morgan fingerprint density at radius 2 is 1.81 bits per heavy atom. The highest BCUT2D eigenvalue weighted by Crippen LogP contribution is 2.08. The van der Waals surface area contributed by atoms with E-state index in [1.807, 2.05) is 6.07 Å². The lowest BCUT2D eigenvalue weighted by Gasteiger charge is -2.07. The molecule has 21 heavy (non-hydrogen) atoms. The van der Waals surface area contributed by atoms with Gasteiger partial charge in [-0.2, -0.15) is 5.26 Å². The van der Waals surface area contributed by atoms with Gasteiger partial charge in [-0.1, -0.05) is 13.3 Å². The first-order chi connectivity index (χ1) is 10.3. The van der Waals surface area contributed by atoms with Crippen molar-refractivity contribution >= 4 is 11.6 Å². The van der Waals surface area contributed by atoms with E-state index in [4.69, 9.17) is 14.7 Å². The van der Waals surface area contributed by atoms with Crippen molar-refractivity contribution in [2.75, 3.05) is 31.7 Å². The van der Waals surface area contributed by atoms with E-state index in [1.165, 1.54) is 0 Å². The van der Waals surface area contributed by atoms with Crippen molar-refractivity contribution < 1.29 is 14.3 Å². The molecule has 114 valence electrons. The number of rotatable bonds is 10. The molecule has 1 N–H and O–H groups in total. The number of amides is 1. The predicted molar refractivity (Wildman–Crippen MR) is 80.9 cm³/mol. The monoisotopic (exact) mass is 290 g/mol. The van der Waals surface area contributed by atoms with Crippen LogP contribution in [-0.4, -0.2) is 32.3 Å². The molecule has 0 atom stereocenters. The van der Waals surface area contributed by atoms with Gasteiger partial charge in [0.25, 0.3) is 0 Å². The molecule has 0 aromatic heterocycles. The third-order valence-corrected chi connectivity index (χ3v) is 2.79. The normalized spacial score (nSPS) is 10.1. The maximum absolute atomic E-state index is 11.7. The van der Waals surface area contributed by atoms with E-state index in [9.17, 15) is 4.79 Å². The molecule has 5 heteroatoms. The average Bonchev–Trinajstić information content (AvgIpc) is 2.50. The van der Waals surface area contributed by atoms with Gasteiger partial charge in [0.2, 0.25) is 5.91 Å². The number of nitrogens with one attached hydrogen (secondary N) is 1. The highest BCUT2D eigenvalue weighted by atomic mass is 16.5. The van der Waals surface area contributed by atoms with Gasteiger partial charge < -0.3 is 14.8 Å². The highest BCUT2D eigenvalue weighted by Gasteiger charge is 2.02. The number of carbonyl (C=O) groups is 1. The van der Waals surface area contributed by atoms with Crippen molar-refractivity contribution in [1.82, 2.24) is 0 Å². The van der Waals surface area contributed by atoms with Crippen molar-refractivity contribution in [3.8, 4) is 6.07 Å². The number of nitriles is 1. The lowest BCUT2D eigenvalue weighted by Crippen LogP contribution is -2.15. The topological polar surface area (TPSA) is 71.3 Å². The molecular formula is C16H22N2O3. The quantitative estimate of drug-likeness (QED) is 0.673. The molecule has 0 bridgehead atoms. The molecule has 5 nitrogen and oxygen atoms in total. The zero-order chi connectivity index (χ0) is 15.3. The molecule has 0 spiro atoms. The summed E-state index contributed by atoms with van der Waals surface area (Å²) in [6, 6.07) is 8.78. The Hall–Kier alpha value is -1.90. The van der Waals surface area contributed by atoms with Crippen LogP contribution in [0.3, 0.4) is 0 Å². The second-order valence-corrected chi connectivity index (χ2v) is 4.57. The molecule has 0 fully saturated rings. The van der Waals surface area contributed by atoms with Crippen LogP contribution in [0.4, 0.5) is 5.69 Å². The van der Waals surface area contributed by atoms with Gasteiger partial charge in [0.1, 0.15) is 0 Å². The third-order valence-electron chi connectivity index (χ3n) is 2.79. The van der Waals surface area contributed by atoms with Gasteiger partial charge in [-0.25, -0.2) is 0 Å². The zero-order valence-electron chi connectivity index (χ0n) is 12.4. The fraction of sp³-hybridized carbons (Fsp3) is 0.500. The van der Waals surface area contributed by atoms with E-state index in [2.05, 4.69) is 12.2 Å². The van der Waals surface area contributed by atoms with Crippen LogP contribution in [0, 0.1) is 11.3 Å². The van der Waals surface area contributed by atoms with Gasteiger partial charge in [-0.15, -0.1) is 0 Å². The summed E-state index contributed by atoms with van der Waals surface area (Å²) in [4.78, 5) is 11.7. The maximum atomic E-state index is 11.7. The first-order valence-corrected chi connectivity index (χ1v) is 7.21. The fourth-order valence-corrected chi connectivity index (χ4v) is 1.58. The van der Waals surface area contributed by atoms with Crippen LogP contribution in [0.25, 0.3) is 0 Å². The minimum absolute atomic E-state index is 0.105. The number of unbranched alkanes of at least 4 members (excludes halogenated alkanes) is 1. The predicted octanol–water partition coefficient (Wildman–Crippen LogP) is 2.72. The second-order valence-electron chi connectivity index (χ2n) is 4.57. The Labute approximate surface area is 125 Å². The van der Waals surface area contributed by atoms with E-state index in [0.29, 0.717) is 37.5 Å². The molecule has 0 radical (unpaired) electrons. The van der Waals surface area contributed by atoms with E-state index < -0.39 is 0 Å². The van der Waals surface area contributed by atoms with E-state index in [-0.39, 0.29) is 5.91 Å². The van der Waals surface area contributed by atoms with Crippen LogP contribution < -0.4 is 5.32 Å². The Bertz CT molecular complexity index is 452. The van der Waals surface area contributed by atoms with E-state index in [1.54, 1.807) is 24.3 Å². The Morgan fingerprint density at radius 3 is 2.43 bits per heavy atom. The lowest BCUT2D eigenvalue weighted by molar-refractivity contribution is -0.117. The minimum Gasteiger partial charge on any atom is -0.379 e. The van der Waals surface area contributed by atoms with Gasteiger partial charge in [-0.05, 0) is 30.7 Å². The number of anilines is 1. The summed E-state index contributed by atoms with van der Waals surface area (Å²) in [5.74, 6) is -0.105. The molecule has 1 aromatic rings. The molecule has 1 aromatic carbocycles. The number of hydrogen-bond acceptors (Lipinski definition) is 4. The maximum Gasteiger partial charge on any atom is 0.226 e. The Morgan fingerprint density at radius 1 is 1.14 bits per heavy atom. The van der Waals surface area contributed by atoms with Crippen LogP contribution in [0.2, 0.25) is 0 Å². The SMILES string of the molecule is CCCCOCCOCCC(=O)Nc1ccc(C#N)cc1. The summed E-state index contributed by atoms with van der Waals surface area (Å²) >= 11 is 0. The van der Waals surface area contributed by atoms with Crippen molar-refractivity contribution in [2.45, 2.75) is 26.2 Å². The van der Waals surface area contributed by atoms with Crippen LogP contribution in [-0.2, 0) is 14.3 Å². The van der Waals surface area contributed by atoms with Crippen molar-refractivity contribution in [3.05, 3.63) is 29.8 Å². The molecule has 0 saturated carbocycles. The second kappa shape index (κ2) is 10.8. The highest BCUT2D eigenvalue weighted by molar-refractivity contribution is 5.90. The van der Waals surface area contributed by atoms with Gasteiger partial charge in [0.15, 0.2) is 0 Å². The van der Waals surface area contributed by atoms with Crippen LogP contribution >= 0.6 is 0 Å². The summed E-state index contributed by atoms with van der Waals surface area (Å²) in [6.07, 6.45) is 2.48. The van der Waals surface area contributed by atoms with Crippen molar-refractivity contribution in [3.63, 3.8) is 0 Å². The summed E-state index contributed by atoms with van der Waals surface area (Å²) in [7, 11) is 0. The number of ether oxygens (including phenoxy) is 2. The standard InChI is InChI=1S/C16H22N2O3/c1-2-3-9-20-11-12-21-10-8-16(19)18-15-6-4-14(13-17)5-7-15/h4-7H,2-3,8-12H2,1H3,(H,18,19). The first kappa shape index (κ1) is 17.2. The third kappa shape index (κ3) is 8.08. The molecule has 1 rings (SSSR count). The first-order valence-electron chi connectivity index (χ1n) is 7.21. The molecule has 0 aliphatic heterocycles. The zero-order valence-corrected chi connectivity index (χ0v) is 12.4. The number of carbonyl (C=O) groups excluding carboxylic acids is 1. The lowest BCUT2D eigenvalue weighted by atomic mass is 10.2. The number of nitrogens with zero attached hydrogens (tertiary/aromatic N) is 1. The fourth-order valence-electron chi connectivity index (χ4n) is 1.58. The van der Waals surface area contributed by atoms with Crippen LogP contribution in [0.5, 0.6) is 0 Å². The summed E-state index contributed by atoms with van der Waals surface area (Å²) in [5, 5.41) is 11.4. The summed E-state index contributed by atoms with van der Waals surface area (Å²) in [6.45, 7) is 4.33. The Balaban J connectivity index is 2.07. The van der Waals surface area contributed by atoms with Gasteiger partial charge in [-0.3, -0.25) is 4.79 Å². The minimum atomic E-state index is -0.105. The van der Waals surface area contributed by atoms with E-state index >= 15 is 0 Å². The Kier molecular flexibility index (Phi) is 8.85. The molecule has 0 heterocycles. The van der Waals surface area contributed by atoms with Crippen LogP contribution in [0.1, 0.15) is 31.7 Å². The molecule has 0 saturated heterocycles. The smallest absolute Gasteiger partial charge is 0.226 e. The molecule has 1 amide bonds. The van der Waals surface area contributed by atoms with Gasteiger partial charge in [0, 0.05) is 12.3 Å². The van der Waals surface area contributed by atoms with Gasteiger partial charge >= 0.3 is 0 Å². The molecular weight excluding hydrogens is 268 g/mol. The summed E-state index contributed by atoms with van der Waals surface area (Å²) in [5.41, 5.74) is 1.25. The summed E-state index contributed by atoms with van der Waals surface area (Å²) < 4.78 is 10.7. The average molecular weight is 290 g/mol.